The van der Waals surface area contributed by atoms with Crippen LogP contribution in [0.1, 0.15) is 0 Å². The Labute approximate surface area is 60.2 Å². The quantitative estimate of drug-likeness (QED) is 0.476. The summed E-state index contributed by atoms with van der Waals surface area (Å²) in [6, 6.07) is 0. The highest BCUT2D eigenvalue weighted by Gasteiger charge is 2.04. The lowest BCUT2D eigenvalue weighted by Gasteiger charge is -2.05. The highest BCUT2D eigenvalue weighted by atomic mass is 127. The zero-order valence-corrected chi connectivity index (χ0v) is 8.19. The summed E-state index contributed by atoms with van der Waals surface area (Å²) in [4.78, 5) is 0. The highest BCUT2D eigenvalue weighted by molar-refractivity contribution is 14.1. The van der Waals surface area contributed by atoms with Gasteiger partial charge in [0.15, 0.2) is 0 Å². The zero-order valence-electron chi connectivity index (χ0n) is 5.03. The number of hydrogen-bond acceptors (Lipinski definition) is 0. The lowest BCUT2D eigenvalue weighted by atomic mass is 11.3. The summed E-state index contributed by atoms with van der Waals surface area (Å²) in [6.07, 6.45) is 0. The molecule has 7 heavy (non-hydrogen) atoms. The van der Waals surface area contributed by atoms with Crippen molar-refractivity contribution in [3.05, 3.63) is 9.78 Å². The first-order chi connectivity index (χ1) is 3.06. The first-order valence-corrected chi connectivity index (χ1v) is 7.16. The van der Waals surface area contributed by atoms with Crippen LogP contribution in [0.5, 0.6) is 0 Å². The van der Waals surface area contributed by atoms with Crippen LogP contribution in [0.4, 0.5) is 0 Å². The number of rotatable bonds is 1. The molecule has 0 saturated carbocycles. The molecule has 0 aromatic rings. The lowest BCUT2D eigenvalue weighted by Crippen LogP contribution is -2.14. The van der Waals surface area contributed by atoms with E-state index in [2.05, 4.69) is 52.0 Å². The Morgan fingerprint density at radius 3 is 1.71 bits per heavy atom. The summed E-state index contributed by atoms with van der Waals surface area (Å²) >= 11 is 2.27. The molecule has 0 bridgehead atoms. The molecule has 0 nitrogen and oxygen atoms in total. The van der Waals surface area contributed by atoms with E-state index >= 15 is 0 Å². The van der Waals surface area contributed by atoms with E-state index in [1.54, 1.807) is 0 Å². The third-order valence-electron chi connectivity index (χ3n) is 0.563. The molecular weight excluding hydrogens is 215 g/mol. The predicted molar refractivity (Wildman–Crippen MR) is 46.5 cm³/mol. The summed E-state index contributed by atoms with van der Waals surface area (Å²) in [5.74, 6) is 0. The van der Waals surface area contributed by atoms with Crippen molar-refractivity contribution in [1.29, 1.82) is 0 Å². The Morgan fingerprint density at radius 1 is 1.29 bits per heavy atom. The summed E-state index contributed by atoms with van der Waals surface area (Å²) in [5, 5.41) is 0. The average Bonchev–Trinajstić information content (AvgIpc) is 1.30. The van der Waals surface area contributed by atoms with Crippen LogP contribution in [-0.4, -0.2) is 8.07 Å². The molecule has 0 aliphatic rings. The van der Waals surface area contributed by atoms with E-state index < -0.39 is 8.07 Å². The van der Waals surface area contributed by atoms with Crippen LogP contribution in [0.15, 0.2) is 9.78 Å². The van der Waals surface area contributed by atoms with Gasteiger partial charge < -0.3 is 0 Å². The molecule has 0 saturated heterocycles. The summed E-state index contributed by atoms with van der Waals surface area (Å²) in [6.45, 7) is 6.96. The van der Waals surface area contributed by atoms with Crippen LogP contribution in [0.25, 0.3) is 0 Å². The minimum Gasteiger partial charge on any atom is -0.0891 e. The fourth-order valence-corrected chi connectivity index (χ4v) is 3.80. The smallest absolute Gasteiger partial charge is 0.0692 e. The fraction of sp³-hybridized carbons (Fsp3) is 0.600. The van der Waals surface area contributed by atoms with E-state index in [0.717, 1.165) is 0 Å². The summed E-state index contributed by atoms with van der Waals surface area (Å²) < 4.78 is 2.12. The molecule has 42 valence electrons. The Morgan fingerprint density at radius 2 is 1.71 bits per heavy atom. The molecule has 0 amide bonds. The van der Waals surface area contributed by atoms with Gasteiger partial charge >= 0.3 is 0 Å². The minimum atomic E-state index is -0.845. The van der Waals surface area contributed by atoms with E-state index in [4.69, 9.17) is 0 Å². The Hall–Kier alpha value is 0.687. The van der Waals surface area contributed by atoms with Gasteiger partial charge in [0.1, 0.15) is 0 Å². The first-order valence-electron chi connectivity index (χ1n) is 2.34. The standard InChI is InChI=1S/C5H11ISi/c1-7(2,3)5-4-6/h4-5H,1-3H3. The molecule has 0 atom stereocenters. The van der Waals surface area contributed by atoms with Crippen LogP contribution in [0.2, 0.25) is 19.6 Å². The molecular formula is C5H11ISi. The van der Waals surface area contributed by atoms with Crippen molar-refractivity contribution in [3.63, 3.8) is 0 Å². The molecule has 0 radical (unpaired) electrons. The first kappa shape index (κ1) is 7.69. The summed E-state index contributed by atoms with van der Waals surface area (Å²) in [5.41, 5.74) is 2.31. The van der Waals surface area contributed by atoms with Gasteiger partial charge in [-0.3, -0.25) is 0 Å². The highest BCUT2D eigenvalue weighted by Crippen LogP contribution is 2.02. The second-order valence-electron chi connectivity index (χ2n) is 2.66. The molecule has 0 rings (SSSR count). The van der Waals surface area contributed by atoms with Gasteiger partial charge in [-0.25, -0.2) is 0 Å². The number of halogens is 1. The molecule has 0 aliphatic carbocycles. The van der Waals surface area contributed by atoms with Crippen LogP contribution in [0.3, 0.4) is 0 Å². The van der Waals surface area contributed by atoms with Crippen LogP contribution >= 0.6 is 22.6 Å². The predicted octanol–water partition coefficient (Wildman–Crippen LogP) is 2.81. The SMILES string of the molecule is C[Si](C)(C)C=CI. The Balaban J connectivity index is 3.56. The van der Waals surface area contributed by atoms with Crippen molar-refractivity contribution in [2.24, 2.45) is 0 Å². The molecule has 0 fully saturated rings. The molecule has 2 heteroatoms. The molecule has 0 aromatic heterocycles. The molecule has 0 spiro atoms. The Kier molecular flexibility index (Phi) is 3.15. The molecule has 0 heterocycles. The van der Waals surface area contributed by atoms with Crippen molar-refractivity contribution >= 4 is 30.7 Å². The van der Waals surface area contributed by atoms with Crippen molar-refractivity contribution in [2.45, 2.75) is 19.6 Å². The maximum Gasteiger partial charge on any atom is 0.0692 e. The maximum absolute atomic E-state index is 2.32. The second-order valence-corrected chi connectivity index (χ2v) is 8.44. The van der Waals surface area contributed by atoms with Gasteiger partial charge in [-0.1, -0.05) is 47.9 Å². The van der Waals surface area contributed by atoms with Crippen molar-refractivity contribution < 1.29 is 0 Å². The minimum absolute atomic E-state index is 0.845. The Bertz CT molecular complexity index is 70.6. The van der Waals surface area contributed by atoms with Crippen molar-refractivity contribution in [1.82, 2.24) is 0 Å². The third kappa shape index (κ3) is 6.69. The lowest BCUT2D eigenvalue weighted by molar-refractivity contribution is 1.78. The molecule has 0 unspecified atom stereocenters. The largest absolute Gasteiger partial charge is 0.0891 e. The maximum atomic E-state index is 2.32. The zero-order chi connectivity index (χ0) is 5.91. The summed E-state index contributed by atoms with van der Waals surface area (Å²) in [7, 11) is -0.845. The van der Waals surface area contributed by atoms with Crippen LogP contribution < -0.4 is 0 Å². The van der Waals surface area contributed by atoms with Gasteiger partial charge in [-0.2, -0.15) is 0 Å². The van der Waals surface area contributed by atoms with Gasteiger partial charge in [0.25, 0.3) is 0 Å². The molecule has 0 N–H and O–H groups in total. The van der Waals surface area contributed by atoms with Crippen molar-refractivity contribution in [3.8, 4) is 0 Å². The van der Waals surface area contributed by atoms with E-state index in [1.807, 2.05) is 0 Å². The molecule has 0 aromatic carbocycles. The van der Waals surface area contributed by atoms with Gasteiger partial charge in [-0.15, -0.1) is 0 Å². The fourth-order valence-electron chi connectivity index (χ4n) is 0.189. The van der Waals surface area contributed by atoms with Gasteiger partial charge in [0.2, 0.25) is 0 Å². The normalized spacial score (nSPS) is 13.1. The van der Waals surface area contributed by atoms with Crippen LogP contribution in [0, 0.1) is 0 Å². The second kappa shape index (κ2) is 2.87. The van der Waals surface area contributed by atoms with Gasteiger partial charge in [-0.05, 0) is 4.08 Å². The number of hydrogen-bond donors (Lipinski definition) is 0. The van der Waals surface area contributed by atoms with E-state index in [1.165, 1.54) is 0 Å². The monoisotopic (exact) mass is 226 g/mol. The van der Waals surface area contributed by atoms with Crippen LogP contribution in [-0.2, 0) is 0 Å². The van der Waals surface area contributed by atoms with Crippen molar-refractivity contribution in [2.75, 3.05) is 0 Å². The van der Waals surface area contributed by atoms with Gasteiger partial charge in [0.05, 0.1) is 8.07 Å². The van der Waals surface area contributed by atoms with E-state index in [-0.39, 0.29) is 0 Å². The third-order valence-corrected chi connectivity index (χ3v) is 2.77. The van der Waals surface area contributed by atoms with Gasteiger partial charge in [0, 0.05) is 0 Å². The molecule has 0 aliphatic heterocycles. The van der Waals surface area contributed by atoms with E-state index in [0.29, 0.717) is 0 Å². The average molecular weight is 226 g/mol. The topological polar surface area (TPSA) is 0 Å². The van der Waals surface area contributed by atoms with E-state index in [9.17, 15) is 0 Å².